The van der Waals surface area contributed by atoms with Crippen molar-refractivity contribution in [2.24, 2.45) is 5.73 Å². The van der Waals surface area contributed by atoms with Gasteiger partial charge in [-0.3, -0.25) is 9.59 Å². The van der Waals surface area contributed by atoms with Gasteiger partial charge in [0.2, 0.25) is 5.91 Å². The number of ketones is 1. The lowest BCUT2D eigenvalue weighted by atomic mass is 10.0. The smallest absolute Gasteiger partial charge is 0.241 e. The van der Waals surface area contributed by atoms with Crippen molar-refractivity contribution in [1.29, 1.82) is 0 Å². The van der Waals surface area contributed by atoms with E-state index in [9.17, 15) is 9.59 Å². The van der Waals surface area contributed by atoms with E-state index in [1.165, 1.54) is 69.6 Å². The number of allylic oxidation sites excluding steroid dienone is 3. The van der Waals surface area contributed by atoms with Crippen LogP contribution in [-0.2, 0) is 9.59 Å². The second-order valence-electron chi connectivity index (χ2n) is 5.52. The molecule has 2 N–H and O–H groups in total. The van der Waals surface area contributed by atoms with Crippen LogP contribution in [-0.4, -0.2) is 11.7 Å². The zero-order valence-corrected chi connectivity index (χ0v) is 13.5. The van der Waals surface area contributed by atoms with Gasteiger partial charge in [-0.15, -0.1) is 0 Å². The molecular weight excluding hydrogens is 262 g/mol. The summed E-state index contributed by atoms with van der Waals surface area (Å²) in [5.74, 6) is -0.384. The molecule has 0 bridgehead atoms. The van der Waals surface area contributed by atoms with Gasteiger partial charge in [-0.05, 0) is 12.5 Å². The van der Waals surface area contributed by atoms with Gasteiger partial charge in [-0.2, -0.15) is 0 Å². The number of nitrogens with two attached hydrogens (primary N) is 1. The molecule has 3 nitrogen and oxygen atoms in total. The third-order valence-corrected chi connectivity index (χ3v) is 3.43. The molecule has 0 fully saturated rings. The van der Waals surface area contributed by atoms with E-state index < -0.39 is 5.91 Å². The number of carbonyl (C=O) groups is 2. The third kappa shape index (κ3) is 16.6. The van der Waals surface area contributed by atoms with E-state index >= 15 is 0 Å². The van der Waals surface area contributed by atoms with Gasteiger partial charge in [-0.25, -0.2) is 0 Å². The quantitative estimate of drug-likeness (QED) is 0.292. The topological polar surface area (TPSA) is 60.2 Å². The van der Waals surface area contributed by atoms with Crippen LogP contribution in [0.3, 0.4) is 0 Å². The molecule has 3 heteroatoms. The molecule has 0 aromatic carbocycles. The first-order chi connectivity index (χ1) is 10.2. The first kappa shape index (κ1) is 19.6. The highest BCUT2D eigenvalue weighted by Crippen LogP contribution is 2.11. The molecule has 0 aliphatic rings. The van der Waals surface area contributed by atoms with E-state index in [1.807, 2.05) is 0 Å². The molecule has 120 valence electrons. The van der Waals surface area contributed by atoms with E-state index in [0.717, 1.165) is 12.8 Å². The van der Waals surface area contributed by atoms with E-state index in [0.29, 0.717) is 6.42 Å². The summed E-state index contributed by atoms with van der Waals surface area (Å²) in [5, 5.41) is 0. The number of primary amides is 1. The fourth-order valence-electron chi connectivity index (χ4n) is 2.18. The highest BCUT2D eigenvalue weighted by molar-refractivity contribution is 5.90. The minimum absolute atomic E-state index is 0.115. The van der Waals surface area contributed by atoms with Crippen molar-refractivity contribution in [2.75, 3.05) is 0 Å². The van der Waals surface area contributed by atoms with Gasteiger partial charge in [0, 0.05) is 12.5 Å². The van der Waals surface area contributed by atoms with Crippen LogP contribution in [0, 0.1) is 0 Å². The summed E-state index contributed by atoms with van der Waals surface area (Å²) in [6.45, 7) is 2.24. The zero-order valence-electron chi connectivity index (χ0n) is 13.5. The minimum atomic E-state index is -0.498. The van der Waals surface area contributed by atoms with Crippen LogP contribution in [0.1, 0.15) is 77.6 Å². The van der Waals surface area contributed by atoms with E-state index in [1.54, 1.807) is 6.08 Å². The fourth-order valence-corrected chi connectivity index (χ4v) is 2.18. The van der Waals surface area contributed by atoms with Crippen molar-refractivity contribution in [1.82, 2.24) is 0 Å². The third-order valence-electron chi connectivity index (χ3n) is 3.43. The Balaban J connectivity index is 3.34. The normalized spacial score (nSPS) is 11.5. The average Bonchev–Trinajstić information content (AvgIpc) is 2.45. The second kappa shape index (κ2) is 15.0. The summed E-state index contributed by atoms with van der Waals surface area (Å²) in [7, 11) is 0. The van der Waals surface area contributed by atoms with E-state index in [2.05, 4.69) is 6.92 Å². The molecule has 0 aliphatic carbocycles. The molecule has 0 heterocycles. The largest absolute Gasteiger partial charge is 0.366 e. The summed E-state index contributed by atoms with van der Waals surface area (Å²) in [6.07, 6.45) is 19.1. The molecule has 0 unspecified atom stereocenters. The van der Waals surface area contributed by atoms with Gasteiger partial charge < -0.3 is 5.73 Å². The maximum Gasteiger partial charge on any atom is 0.241 e. The van der Waals surface area contributed by atoms with Crippen molar-refractivity contribution in [3.8, 4) is 0 Å². The lowest BCUT2D eigenvalue weighted by Gasteiger charge is -2.01. The number of amides is 1. The molecule has 0 spiro atoms. The number of carbonyl (C=O) groups excluding carboxylic acids is 2. The standard InChI is InChI=1S/C18H31NO2/c1-2-3-4-5-6-7-8-9-10-11-14-17(20)15-12-13-16-18(19)21/h12-13,15-16H,2-11,14H2,1H3,(H2,19,21). The van der Waals surface area contributed by atoms with Crippen molar-refractivity contribution in [3.05, 3.63) is 24.3 Å². The molecule has 0 saturated carbocycles. The highest BCUT2D eigenvalue weighted by Gasteiger charge is 1.97. The Kier molecular flexibility index (Phi) is 14.0. The van der Waals surface area contributed by atoms with Crippen molar-refractivity contribution >= 4 is 11.7 Å². The molecule has 21 heavy (non-hydrogen) atoms. The van der Waals surface area contributed by atoms with Crippen LogP contribution < -0.4 is 5.73 Å². The zero-order chi connectivity index (χ0) is 15.8. The second-order valence-corrected chi connectivity index (χ2v) is 5.52. The maximum atomic E-state index is 11.5. The van der Waals surface area contributed by atoms with Crippen molar-refractivity contribution in [2.45, 2.75) is 77.6 Å². The summed E-state index contributed by atoms with van der Waals surface area (Å²) in [6, 6.07) is 0. The van der Waals surface area contributed by atoms with Gasteiger partial charge >= 0.3 is 0 Å². The Morgan fingerprint density at radius 1 is 0.762 bits per heavy atom. The molecule has 0 radical (unpaired) electrons. The first-order valence-electron chi connectivity index (χ1n) is 8.33. The molecule has 0 rings (SSSR count). The van der Waals surface area contributed by atoms with Gasteiger partial charge in [-0.1, -0.05) is 76.9 Å². The van der Waals surface area contributed by atoms with Crippen molar-refractivity contribution < 1.29 is 9.59 Å². The highest BCUT2D eigenvalue weighted by atomic mass is 16.1. The Labute approximate surface area is 129 Å². The van der Waals surface area contributed by atoms with Crippen LogP contribution in [0.25, 0.3) is 0 Å². The maximum absolute atomic E-state index is 11.5. The predicted molar refractivity (Wildman–Crippen MR) is 88.9 cm³/mol. The molecule has 0 aliphatic heterocycles. The van der Waals surface area contributed by atoms with Crippen LogP contribution in [0.5, 0.6) is 0 Å². The summed E-state index contributed by atoms with van der Waals surface area (Å²) >= 11 is 0. The number of hydrogen-bond donors (Lipinski definition) is 1. The number of unbranched alkanes of at least 4 members (excludes halogenated alkanes) is 9. The van der Waals surface area contributed by atoms with E-state index in [-0.39, 0.29) is 5.78 Å². The Hall–Kier alpha value is -1.38. The molecule has 0 atom stereocenters. The van der Waals surface area contributed by atoms with Crippen LogP contribution >= 0.6 is 0 Å². The lowest BCUT2D eigenvalue weighted by molar-refractivity contribution is -0.115. The van der Waals surface area contributed by atoms with Gasteiger partial charge in [0.1, 0.15) is 0 Å². The number of hydrogen-bond acceptors (Lipinski definition) is 2. The summed E-state index contributed by atoms with van der Waals surface area (Å²) < 4.78 is 0. The van der Waals surface area contributed by atoms with E-state index in [4.69, 9.17) is 5.73 Å². The average molecular weight is 293 g/mol. The van der Waals surface area contributed by atoms with Crippen molar-refractivity contribution in [3.63, 3.8) is 0 Å². The lowest BCUT2D eigenvalue weighted by Crippen LogP contribution is -2.04. The SMILES string of the molecule is CCCCCCCCCCCCC(=O)C=CC=CC(N)=O. The Morgan fingerprint density at radius 3 is 1.76 bits per heavy atom. The number of rotatable bonds is 14. The molecule has 0 saturated heterocycles. The van der Waals surface area contributed by atoms with Crippen LogP contribution in [0.4, 0.5) is 0 Å². The Bertz CT molecular complexity index is 332. The Morgan fingerprint density at radius 2 is 1.24 bits per heavy atom. The molecule has 0 aromatic heterocycles. The first-order valence-corrected chi connectivity index (χ1v) is 8.33. The summed E-state index contributed by atoms with van der Waals surface area (Å²) in [5.41, 5.74) is 4.94. The van der Waals surface area contributed by atoms with Gasteiger partial charge in [0.25, 0.3) is 0 Å². The molecule has 1 amide bonds. The monoisotopic (exact) mass is 293 g/mol. The summed E-state index contributed by atoms with van der Waals surface area (Å²) in [4.78, 5) is 21.9. The van der Waals surface area contributed by atoms with Gasteiger partial charge in [0.15, 0.2) is 5.78 Å². The molecular formula is C18H31NO2. The van der Waals surface area contributed by atoms with Crippen LogP contribution in [0.2, 0.25) is 0 Å². The van der Waals surface area contributed by atoms with Gasteiger partial charge in [0.05, 0.1) is 0 Å². The minimum Gasteiger partial charge on any atom is -0.366 e. The predicted octanol–water partition coefficient (Wildman–Crippen LogP) is 4.46. The van der Waals surface area contributed by atoms with Crippen LogP contribution in [0.15, 0.2) is 24.3 Å². The molecule has 0 aromatic rings. The fraction of sp³-hybridized carbons (Fsp3) is 0.667.